The van der Waals surface area contributed by atoms with Crippen molar-refractivity contribution in [2.45, 2.75) is 19.4 Å². The summed E-state index contributed by atoms with van der Waals surface area (Å²) >= 11 is 12.0. The third-order valence-corrected chi connectivity index (χ3v) is 3.82. The molecule has 1 unspecified atom stereocenters. The number of halogens is 2. The Bertz CT molecular complexity index is 584. The van der Waals surface area contributed by atoms with E-state index >= 15 is 0 Å². The van der Waals surface area contributed by atoms with Crippen molar-refractivity contribution in [2.24, 2.45) is 0 Å². The molecule has 20 heavy (non-hydrogen) atoms. The molecule has 0 radical (unpaired) electrons. The van der Waals surface area contributed by atoms with Gasteiger partial charge in [0, 0.05) is 12.0 Å². The van der Waals surface area contributed by atoms with E-state index in [-0.39, 0.29) is 0 Å². The molecule has 0 saturated heterocycles. The molecule has 2 nitrogen and oxygen atoms in total. The molecule has 0 bridgehead atoms. The van der Waals surface area contributed by atoms with Crippen molar-refractivity contribution in [1.82, 2.24) is 0 Å². The Kier molecular flexibility index (Phi) is 5.30. The van der Waals surface area contributed by atoms with Crippen molar-refractivity contribution in [3.8, 4) is 5.75 Å². The summed E-state index contributed by atoms with van der Waals surface area (Å²) in [6, 6.07) is 13.0. The van der Waals surface area contributed by atoms with Gasteiger partial charge in [0.1, 0.15) is 5.75 Å². The first-order chi connectivity index (χ1) is 9.58. The maximum atomic E-state index is 10.1. The molecular weight excluding hydrogens is 295 g/mol. The van der Waals surface area contributed by atoms with Crippen molar-refractivity contribution in [3.05, 3.63) is 63.6 Å². The highest BCUT2D eigenvalue weighted by atomic mass is 35.5. The van der Waals surface area contributed by atoms with Crippen molar-refractivity contribution in [2.75, 3.05) is 6.61 Å². The van der Waals surface area contributed by atoms with Crippen LogP contribution < -0.4 is 4.74 Å². The van der Waals surface area contributed by atoms with Gasteiger partial charge in [-0.2, -0.15) is 0 Å². The zero-order valence-electron chi connectivity index (χ0n) is 11.1. The van der Waals surface area contributed by atoms with Gasteiger partial charge in [-0.1, -0.05) is 47.5 Å². The molecule has 0 aliphatic carbocycles. The SMILES string of the molecule is Cc1cccc(OCCC(O)c2cccc(Cl)c2Cl)c1. The van der Waals surface area contributed by atoms with Gasteiger partial charge in [-0.25, -0.2) is 0 Å². The van der Waals surface area contributed by atoms with Gasteiger partial charge in [0.2, 0.25) is 0 Å². The first kappa shape index (κ1) is 15.2. The third kappa shape index (κ3) is 3.89. The van der Waals surface area contributed by atoms with Crippen molar-refractivity contribution in [3.63, 3.8) is 0 Å². The van der Waals surface area contributed by atoms with Crippen LogP contribution in [-0.4, -0.2) is 11.7 Å². The number of benzene rings is 2. The summed E-state index contributed by atoms with van der Waals surface area (Å²) in [4.78, 5) is 0. The number of rotatable bonds is 5. The molecule has 2 aromatic rings. The molecule has 0 spiro atoms. The average Bonchev–Trinajstić information content (AvgIpc) is 2.42. The second kappa shape index (κ2) is 6.98. The van der Waals surface area contributed by atoms with E-state index in [0.717, 1.165) is 11.3 Å². The van der Waals surface area contributed by atoms with Crippen LogP contribution in [0, 0.1) is 6.92 Å². The topological polar surface area (TPSA) is 29.5 Å². The zero-order valence-corrected chi connectivity index (χ0v) is 12.7. The number of aliphatic hydroxyl groups is 1. The van der Waals surface area contributed by atoms with E-state index in [0.29, 0.717) is 28.6 Å². The minimum atomic E-state index is -0.689. The maximum Gasteiger partial charge on any atom is 0.119 e. The molecule has 0 fully saturated rings. The van der Waals surface area contributed by atoms with Crippen LogP contribution in [0.15, 0.2) is 42.5 Å². The van der Waals surface area contributed by atoms with Crippen LogP contribution >= 0.6 is 23.2 Å². The van der Waals surface area contributed by atoms with Crippen LogP contribution in [-0.2, 0) is 0 Å². The summed E-state index contributed by atoms with van der Waals surface area (Å²) in [5, 5.41) is 11.0. The maximum absolute atomic E-state index is 10.1. The van der Waals surface area contributed by atoms with E-state index in [1.54, 1.807) is 18.2 Å². The summed E-state index contributed by atoms with van der Waals surface area (Å²) < 4.78 is 5.61. The summed E-state index contributed by atoms with van der Waals surface area (Å²) in [7, 11) is 0. The van der Waals surface area contributed by atoms with Crippen LogP contribution in [0.3, 0.4) is 0 Å². The summed E-state index contributed by atoms with van der Waals surface area (Å²) in [6.07, 6.45) is -0.236. The minimum absolute atomic E-state index is 0.400. The zero-order chi connectivity index (χ0) is 14.5. The smallest absolute Gasteiger partial charge is 0.119 e. The molecule has 0 saturated carbocycles. The van der Waals surface area contributed by atoms with Crippen molar-refractivity contribution in [1.29, 1.82) is 0 Å². The van der Waals surface area contributed by atoms with E-state index in [1.807, 2.05) is 31.2 Å². The highest BCUT2D eigenvalue weighted by molar-refractivity contribution is 6.42. The van der Waals surface area contributed by atoms with Crippen LogP contribution in [0.25, 0.3) is 0 Å². The Morgan fingerprint density at radius 1 is 1.15 bits per heavy atom. The molecule has 0 aliphatic heterocycles. The standard InChI is InChI=1S/C16H16Cl2O2/c1-11-4-2-5-12(10-11)20-9-8-15(19)13-6-3-7-14(17)16(13)18/h2-7,10,15,19H,8-9H2,1H3. The molecule has 2 rings (SSSR count). The van der Waals surface area contributed by atoms with Gasteiger partial charge in [0.15, 0.2) is 0 Å². The van der Waals surface area contributed by atoms with Crippen molar-refractivity contribution < 1.29 is 9.84 Å². The molecule has 0 aromatic heterocycles. The molecular formula is C16H16Cl2O2. The molecule has 1 N–H and O–H groups in total. The first-order valence-electron chi connectivity index (χ1n) is 6.39. The molecule has 0 heterocycles. The van der Waals surface area contributed by atoms with E-state index in [1.165, 1.54) is 0 Å². The fraction of sp³-hybridized carbons (Fsp3) is 0.250. The first-order valence-corrected chi connectivity index (χ1v) is 7.15. The summed E-state index contributed by atoms with van der Waals surface area (Å²) in [5.41, 5.74) is 1.77. The number of aryl methyl sites for hydroxylation is 1. The average molecular weight is 311 g/mol. The Hall–Kier alpha value is -1.22. The molecule has 4 heteroatoms. The van der Waals surface area contributed by atoms with Gasteiger partial charge in [-0.05, 0) is 30.7 Å². The molecule has 2 aromatic carbocycles. The van der Waals surface area contributed by atoms with E-state index in [2.05, 4.69) is 0 Å². The summed E-state index contributed by atoms with van der Waals surface area (Å²) in [5.74, 6) is 0.800. The van der Waals surface area contributed by atoms with Crippen LogP contribution in [0.2, 0.25) is 10.0 Å². The number of hydrogen-bond acceptors (Lipinski definition) is 2. The van der Waals surface area contributed by atoms with Crippen LogP contribution in [0.5, 0.6) is 5.75 Å². The Morgan fingerprint density at radius 2 is 1.90 bits per heavy atom. The Labute approximate surface area is 128 Å². The Balaban J connectivity index is 1.92. The number of ether oxygens (including phenoxy) is 1. The highest BCUT2D eigenvalue weighted by Gasteiger charge is 2.13. The monoisotopic (exact) mass is 310 g/mol. The molecule has 106 valence electrons. The Morgan fingerprint density at radius 3 is 2.65 bits per heavy atom. The predicted molar refractivity (Wildman–Crippen MR) is 82.7 cm³/mol. The van der Waals surface area contributed by atoms with Crippen LogP contribution in [0.4, 0.5) is 0 Å². The normalized spacial score (nSPS) is 12.2. The lowest BCUT2D eigenvalue weighted by Gasteiger charge is -2.14. The van der Waals surface area contributed by atoms with E-state index in [4.69, 9.17) is 27.9 Å². The van der Waals surface area contributed by atoms with E-state index < -0.39 is 6.10 Å². The molecule has 0 amide bonds. The second-order valence-electron chi connectivity index (χ2n) is 4.61. The van der Waals surface area contributed by atoms with Gasteiger partial charge in [-0.15, -0.1) is 0 Å². The quantitative estimate of drug-likeness (QED) is 0.859. The summed E-state index contributed by atoms with van der Waals surface area (Å²) in [6.45, 7) is 2.42. The van der Waals surface area contributed by atoms with Gasteiger partial charge in [0.05, 0.1) is 22.8 Å². The second-order valence-corrected chi connectivity index (χ2v) is 5.40. The van der Waals surface area contributed by atoms with E-state index in [9.17, 15) is 5.11 Å². The lowest BCUT2D eigenvalue weighted by atomic mass is 10.1. The fourth-order valence-corrected chi connectivity index (χ4v) is 2.36. The number of aliphatic hydroxyl groups excluding tert-OH is 1. The fourth-order valence-electron chi connectivity index (χ4n) is 1.93. The number of hydrogen-bond donors (Lipinski definition) is 1. The minimum Gasteiger partial charge on any atom is -0.493 e. The molecule has 1 atom stereocenters. The van der Waals surface area contributed by atoms with Gasteiger partial charge >= 0.3 is 0 Å². The largest absolute Gasteiger partial charge is 0.493 e. The lowest BCUT2D eigenvalue weighted by molar-refractivity contribution is 0.141. The van der Waals surface area contributed by atoms with Crippen LogP contribution in [0.1, 0.15) is 23.7 Å². The molecule has 0 aliphatic rings. The van der Waals surface area contributed by atoms with Crippen molar-refractivity contribution >= 4 is 23.2 Å². The van der Waals surface area contributed by atoms with Gasteiger partial charge in [-0.3, -0.25) is 0 Å². The predicted octanol–water partition coefficient (Wildman–Crippen LogP) is 4.80. The van der Waals surface area contributed by atoms with Gasteiger partial charge in [0.25, 0.3) is 0 Å². The highest BCUT2D eigenvalue weighted by Crippen LogP contribution is 2.31. The third-order valence-electron chi connectivity index (χ3n) is 2.99. The lowest BCUT2D eigenvalue weighted by Crippen LogP contribution is -2.06. The van der Waals surface area contributed by atoms with Gasteiger partial charge < -0.3 is 9.84 Å².